The Labute approximate surface area is 95.4 Å². The van der Waals surface area contributed by atoms with E-state index in [2.05, 4.69) is 11.9 Å². The van der Waals surface area contributed by atoms with Crippen LogP contribution in [0.25, 0.3) is 0 Å². The first-order chi connectivity index (χ1) is 7.54. The summed E-state index contributed by atoms with van der Waals surface area (Å²) in [7, 11) is 0. The van der Waals surface area contributed by atoms with Crippen molar-refractivity contribution in [3.05, 3.63) is 12.7 Å². The van der Waals surface area contributed by atoms with Gasteiger partial charge < -0.3 is 10.1 Å². The smallest absolute Gasteiger partial charge is 0.410 e. The highest BCUT2D eigenvalue weighted by atomic mass is 16.6. The molecule has 0 saturated carbocycles. The molecule has 1 N–H and O–H groups in total. The molecule has 90 valence electrons. The summed E-state index contributed by atoms with van der Waals surface area (Å²) in [5, 5.41) is 2.85. The lowest BCUT2D eigenvalue weighted by Gasteiger charge is -2.34. The summed E-state index contributed by atoms with van der Waals surface area (Å²) < 4.78 is 4.90. The first kappa shape index (κ1) is 12.5. The molecule has 0 bridgehead atoms. The van der Waals surface area contributed by atoms with Gasteiger partial charge in [0.25, 0.3) is 0 Å². The maximum absolute atomic E-state index is 11.5. The lowest BCUT2D eigenvalue weighted by Crippen LogP contribution is -2.57. The van der Waals surface area contributed by atoms with E-state index in [0.29, 0.717) is 12.5 Å². The number of hydrogen-bond acceptors (Lipinski definition) is 3. The number of hydrogen-bond donors (Lipinski definition) is 1. The molecule has 1 atom stereocenters. The molecule has 5 heteroatoms. The Morgan fingerprint density at radius 1 is 1.75 bits per heavy atom. The maximum atomic E-state index is 11.5. The average molecular weight is 226 g/mol. The van der Waals surface area contributed by atoms with E-state index in [4.69, 9.17) is 4.74 Å². The summed E-state index contributed by atoms with van der Waals surface area (Å²) >= 11 is 0. The standard InChI is InChI=1S/C11H18N2O3/c1-4-5-16-11(15)13-6-9(8(2)3)12-10(14)7-13/h4,8-9H,1,5-7H2,2-3H3,(H,12,14)/t9-/m0/s1. The predicted octanol–water partition coefficient (Wildman–Crippen LogP) is 0.765. The fourth-order valence-corrected chi connectivity index (χ4v) is 1.51. The zero-order valence-electron chi connectivity index (χ0n) is 9.73. The van der Waals surface area contributed by atoms with Gasteiger partial charge in [0.15, 0.2) is 0 Å². The molecule has 0 aromatic carbocycles. The Hall–Kier alpha value is -1.52. The molecule has 1 saturated heterocycles. The van der Waals surface area contributed by atoms with Gasteiger partial charge in [-0.25, -0.2) is 4.79 Å². The van der Waals surface area contributed by atoms with Crippen LogP contribution in [-0.4, -0.2) is 42.6 Å². The van der Waals surface area contributed by atoms with Gasteiger partial charge in [0.05, 0.1) is 0 Å². The summed E-state index contributed by atoms with van der Waals surface area (Å²) in [5.41, 5.74) is 0. The van der Waals surface area contributed by atoms with Gasteiger partial charge in [0.2, 0.25) is 5.91 Å². The number of piperazine rings is 1. The fraction of sp³-hybridized carbons (Fsp3) is 0.636. The zero-order chi connectivity index (χ0) is 12.1. The van der Waals surface area contributed by atoms with E-state index in [1.807, 2.05) is 13.8 Å². The van der Waals surface area contributed by atoms with E-state index in [0.717, 1.165) is 0 Å². The van der Waals surface area contributed by atoms with Crippen LogP contribution in [0.4, 0.5) is 4.79 Å². The Kier molecular flexibility index (Phi) is 4.34. The molecule has 0 aliphatic carbocycles. The van der Waals surface area contributed by atoms with Crippen LogP contribution < -0.4 is 5.32 Å². The third-order valence-electron chi connectivity index (χ3n) is 2.49. The minimum atomic E-state index is -0.458. The van der Waals surface area contributed by atoms with Crippen LogP contribution in [0.5, 0.6) is 0 Å². The number of ether oxygens (including phenoxy) is 1. The molecule has 0 aromatic heterocycles. The number of nitrogens with zero attached hydrogens (tertiary/aromatic N) is 1. The lowest BCUT2D eigenvalue weighted by atomic mass is 10.0. The monoisotopic (exact) mass is 226 g/mol. The van der Waals surface area contributed by atoms with Crippen molar-refractivity contribution in [3.8, 4) is 0 Å². The normalized spacial score (nSPS) is 20.6. The van der Waals surface area contributed by atoms with Crippen molar-refractivity contribution < 1.29 is 14.3 Å². The predicted molar refractivity (Wildman–Crippen MR) is 59.9 cm³/mol. The first-order valence-corrected chi connectivity index (χ1v) is 5.36. The molecule has 1 aliphatic rings. The molecule has 0 aromatic rings. The van der Waals surface area contributed by atoms with E-state index in [9.17, 15) is 9.59 Å². The van der Waals surface area contributed by atoms with Crippen LogP contribution >= 0.6 is 0 Å². The fourth-order valence-electron chi connectivity index (χ4n) is 1.51. The van der Waals surface area contributed by atoms with Crippen molar-refractivity contribution in [1.29, 1.82) is 0 Å². The highest BCUT2D eigenvalue weighted by Gasteiger charge is 2.30. The van der Waals surface area contributed by atoms with Gasteiger partial charge in [0.1, 0.15) is 13.2 Å². The van der Waals surface area contributed by atoms with Crippen molar-refractivity contribution in [2.24, 2.45) is 5.92 Å². The number of carbonyl (C=O) groups excluding carboxylic acids is 2. The molecule has 16 heavy (non-hydrogen) atoms. The second-order valence-corrected chi connectivity index (χ2v) is 4.16. The molecule has 1 aliphatic heterocycles. The Bertz CT molecular complexity index is 289. The Balaban J connectivity index is 2.56. The molecule has 1 rings (SSSR count). The molecule has 2 amide bonds. The van der Waals surface area contributed by atoms with Crippen molar-refractivity contribution in [3.63, 3.8) is 0 Å². The van der Waals surface area contributed by atoms with Gasteiger partial charge in [-0.15, -0.1) is 0 Å². The summed E-state index contributed by atoms with van der Waals surface area (Å²) in [5.74, 6) is 0.152. The molecular formula is C11H18N2O3. The number of nitrogens with one attached hydrogen (secondary N) is 1. The Morgan fingerprint density at radius 2 is 2.44 bits per heavy atom. The van der Waals surface area contributed by atoms with Crippen LogP contribution in [0.15, 0.2) is 12.7 Å². The van der Waals surface area contributed by atoms with Crippen LogP contribution in [0, 0.1) is 5.92 Å². The minimum absolute atomic E-state index is 0.00229. The van der Waals surface area contributed by atoms with E-state index in [-0.39, 0.29) is 25.1 Å². The highest BCUT2D eigenvalue weighted by molar-refractivity contribution is 5.83. The van der Waals surface area contributed by atoms with Crippen molar-refractivity contribution in [1.82, 2.24) is 10.2 Å². The van der Waals surface area contributed by atoms with Crippen LogP contribution in [0.3, 0.4) is 0 Å². The zero-order valence-corrected chi connectivity index (χ0v) is 9.73. The molecule has 1 fully saturated rings. The maximum Gasteiger partial charge on any atom is 0.410 e. The van der Waals surface area contributed by atoms with Crippen molar-refractivity contribution >= 4 is 12.0 Å². The van der Waals surface area contributed by atoms with Crippen molar-refractivity contribution in [2.45, 2.75) is 19.9 Å². The molecule has 0 unspecified atom stereocenters. The van der Waals surface area contributed by atoms with Gasteiger partial charge >= 0.3 is 6.09 Å². The summed E-state index contributed by atoms with van der Waals surface area (Å²) in [6.45, 7) is 8.21. The topological polar surface area (TPSA) is 58.6 Å². The van der Waals surface area contributed by atoms with Gasteiger partial charge in [-0.1, -0.05) is 26.5 Å². The molecule has 0 spiro atoms. The van der Waals surface area contributed by atoms with E-state index < -0.39 is 6.09 Å². The number of rotatable bonds is 3. The average Bonchev–Trinajstić information content (AvgIpc) is 2.24. The summed E-state index contributed by atoms with van der Waals surface area (Å²) in [6.07, 6.45) is 1.04. The van der Waals surface area contributed by atoms with E-state index in [1.165, 1.54) is 11.0 Å². The van der Waals surface area contributed by atoms with Crippen LogP contribution in [0.1, 0.15) is 13.8 Å². The second kappa shape index (κ2) is 5.53. The second-order valence-electron chi connectivity index (χ2n) is 4.16. The minimum Gasteiger partial charge on any atom is -0.445 e. The van der Waals surface area contributed by atoms with Crippen LogP contribution in [-0.2, 0) is 9.53 Å². The SMILES string of the molecule is C=CCOC(=O)N1CC(=O)N[C@H](C(C)C)C1. The summed E-state index contributed by atoms with van der Waals surface area (Å²) in [4.78, 5) is 24.4. The van der Waals surface area contributed by atoms with E-state index >= 15 is 0 Å². The molecule has 5 nitrogen and oxygen atoms in total. The molecule has 1 heterocycles. The largest absolute Gasteiger partial charge is 0.445 e. The van der Waals surface area contributed by atoms with Crippen molar-refractivity contribution in [2.75, 3.05) is 19.7 Å². The summed E-state index contributed by atoms with van der Waals surface area (Å²) in [6, 6.07) is -0.00229. The Morgan fingerprint density at radius 3 is 3.00 bits per heavy atom. The molecular weight excluding hydrogens is 208 g/mol. The number of amides is 2. The van der Waals surface area contributed by atoms with Gasteiger partial charge in [-0.2, -0.15) is 0 Å². The van der Waals surface area contributed by atoms with E-state index in [1.54, 1.807) is 0 Å². The third-order valence-corrected chi connectivity index (χ3v) is 2.49. The quantitative estimate of drug-likeness (QED) is 0.723. The first-order valence-electron chi connectivity index (χ1n) is 5.36. The van der Waals surface area contributed by atoms with Gasteiger partial charge in [0, 0.05) is 12.6 Å². The lowest BCUT2D eigenvalue weighted by molar-refractivity contribution is -0.125. The third kappa shape index (κ3) is 3.25. The van der Waals surface area contributed by atoms with Gasteiger partial charge in [-0.3, -0.25) is 9.69 Å². The van der Waals surface area contributed by atoms with Gasteiger partial charge in [-0.05, 0) is 5.92 Å². The number of carbonyl (C=O) groups is 2. The van der Waals surface area contributed by atoms with Crippen LogP contribution in [0.2, 0.25) is 0 Å². The highest BCUT2D eigenvalue weighted by Crippen LogP contribution is 2.09. The molecule has 0 radical (unpaired) electrons.